The molecule has 2 nitrogen and oxygen atoms in total. The van der Waals surface area contributed by atoms with Crippen molar-refractivity contribution in [2.45, 2.75) is 19.4 Å². The summed E-state index contributed by atoms with van der Waals surface area (Å²) < 4.78 is 1.03. The Morgan fingerprint density at radius 2 is 1.91 bits per heavy atom. The van der Waals surface area contributed by atoms with E-state index in [9.17, 15) is 5.11 Å². The van der Waals surface area contributed by atoms with Crippen LogP contribution >= 0.6 is 15.9 Å². The molecule has 0 fully saturated rings. The molecule has 1 N–H and O–H groups in total. The van der Waals surface area contributed by atoms with Crippen molar-refractivity contribution in [3.8, 4) is 0 Å². The van der Waals surface area contributed by atoms with Gasteiger partial charge < -0.3 is 5.11 Å². The Bertz CT molecular complexity index is 857. The van der Waals surface area contributed by atoms with Crippen LogP contribution in [0.5, 0.6) is 0 Å². The van der Waals surface area contributed by atoms with Crippen molar-refractivity contribution in [3.05, 3.63) is 75.9 Å². The standard InChI is InChI=1S/C20H18BrNO/c1-2-20(23)16-5-3-4-14(12-16)6-10-18-11-8-15-7-9-17(21)13-19(15)22-18/h3-13,20,23H,2H2,1H3. The zero-order valence-corrected chi connectivity index (χ0v) is 14.5. The smallest absolute Gasteiger partial charge is 0.0787 e. The Morgan fingerprint density at radius 1 is 1.09 bits per heavy atom. The van der Waals surface area contributed by atoms with Gasteiger partial charge >= 0.3 is 0 Å². The lowest BCUT2D eigenvalue weighted by Crippen LogP contribution is -1.94. The summed E-state index contributed by atoms with van der Waals surface area (Å²) in [4.78, 5) is 4.66. The first-order valence-electron chi connectivity index (χ1n) is 7.68. The molecule has 0 spiro atoms. The fourth-order valence-corrected chi connectivity index (χ4v) is 2.84. The predicted octanol–water partition coefficient (Wildman–Crippen LogP) is 5.61. The Balaban J connectivity index is 1.87. The molecule has 0 bridgehead atoms. The minimum Gasteiger partial charge on any atom is -0.388 e. The second-order valence-corrected chi connectivity index (χ2v) is 6.42. The van der Waals surface area contributed by atoms with Crippen molar-refractivity contribution in [3.63, 3.8) is 0 Å². The van der Waals surface area contributed by atoms with Crippen LogP contribution in [0.3, 0.4) is 0 Å². The number of benzene rings is 2. The van der Waals surface area contributed by atoms with Crippen LogP contribution < -0.4 is 0 Å². The van der Waals surface area contributed by atoms with Crippen LogP contribution in [0.2, 0.25) is 0 Å². The molecule has 1 aromatic heterocycles. The van der Waals surface area contributed by atoms with Crippen LogP contribution in [0.1, 0.15) is 36.3 Å². The van der Waals surface area contributed by atoms with Crippen LogP contribution in [0.25, 0.3) is 23.1 Å². The molecule has 116 valence electrons. The van der Waals surface area contributed by atoms with Gasteiger partial charge in [-0.15, -0.1) is 0 Å². The van der Waals surface area contributed by atoms with Gasteiger partial charge in [0.2, 0.25) is 0 Å². The van der Waals surface area contributed by atoms with Gasteiger partial charge in [0, 0.05) is 9.86 Å². The molecular formula is C20H18BrNO. The van der Waals surface area contributed by atoms with Crippen LogP contribution in [0, 0.1) is 0 Å². The van der Waals surface area contributed by atoms with Gasteiger partial charge in [-0.1, -0.05) is 59.3 Å². The van der Waals surface area contributed by atoms with Gasteiger partial charge in [0.15, 0.2) is 0 Å². The number of halogens is 1. The first-order valence-corrected chi connectivity index (χ1v) is 8.47. The third kappa shape index (κ3) is 3.87. The second-order valence-electron chi connectivity index (χ2n) is 5.50. The second kappa shape index (κ2) is 7.07. The summed E-state index contributed by atoms with van der Waals surface area (Å²) in [5.74, 6) is 0. The molecule has 0 amide bonds. The molecular weight excluding hydrogens is 350 g/mol. The minimum absolute atomic E-state index is 0.403. The van der Waals surface area contributed by atoms with E-state index < -0.39 is 6.10 Å². The Morgan fingerprint density at radius 3 is 2.74 bits per heavy atom. The zero-order valence-electron chi connectivity index (χ0n) is 12.9. The molecule has 23 heavy (non-hydrogen) atoms. The van der Waals surface area contributed by atoms with Gasteiger partial charge in [0.25, 0.3) is 0 Å². The molecule has 2 aromatic carbocycles. The topological polar surface area (TPSA) is 33.1 Å². The maximum atomic E-state index is 9.94. The van der Waals surface area contributed by atoms with Crippen molar-refractivity contribution >= 4 is 39.0 Å². The van der Waals surface area contributed by atoms with Crippen LogP contribution in [-0.2, 0) is 0 Å². The average Bonchev–Trinajstić information content (AvgIpc) is 2.59. The molecule has 0 radical (unpaired) electrons. The largest absolute Gasteiger partial charge is 0.388 e. The molecule has 3 heteroatoms. The molecule has 1 atom stereocenters. The Hall–Kier alpha value is -1.97. The highest BCUT2D eigenvalue weighted by molar-refractivity contribution is 9.10. The van der Waals surface area contributed by atoms with Crippen LogP contribution in [-0.4, -0.2) is 10.1 Å². The average molecular weight is 368 g/mol. The molecule has 1 heterocycles. The summed E-state index contributed by atoms with van der Waals surface area (Å²) in [6, 6.07) is 18.1. The van der Waals surface area contributed by atoms with Gasteiger partial charge in [-0.2, -0.15) is 0 Å². The third-order valence-corrected chi connectivity index (χ3v) is 4.30. The Kier molecular flexibility index (Phi) is 4.89. The van der Waals surface area contributed by atoms with E-state index in [0.29, 0.717) is 6.42 Å². The van der Waals surface area contributed by atoms with Crippen LogP contribution in [0.4, 0.5) is 0 Å². The van der Waals surface area contributed by atoms with Gasteiger partial charge in [-0.05, 0) is 47.9 Å². The summed E-state index contributed by atoms with van der Waals surface area (Å²) >= 11 is 3.48. The van der Waals surface area contributed by atoms with Crippen molar-refractivity contribution in [1.29, 1.82) is 0 Å². The fourth-order valence-electron chi connectivity index (χ4n) is 2.49. The molecule has 0 aliphatic carbocycles. The normalized spacial score (nSPS) is 12.8. The van der Waals surface area contributed by atoms with Gasteiger partial charge in [-0.3, -0.25) is 0 Å². The van der Waals surface area contributed by atoms with Crippen molar-refractivity contribution in [2.24, 2.45) is 0 Å². The lowest BCUT2D eigenvalue weighted by atomic mass is 10.0. The van der Waals surface area contributed by atoms with Crippen molar-refractivity contribution < 1.29 is 5.11 Å². The number of aliphatic hydroxyl groups is 1. The third-order valence-electron chi connectivity index (χ3n) is 3.80. The lowest BCUT2D eigenvalue weighted by Gasteiger charge is -2.08. The van der Waals surface area contributed by atoms with E-state index in [1.165, 1.54) is 0 Å². The molecule has 3 aromatic rings. The SMILES string of the molecule is CCC(O)c1cccc(C=Cc2ccc3ccc(Br)cc3n2)c1. The highest BCUT2D eigenvalue weighted by atomic mass is 79.9. The van der Waals surface area contributed by atoms with E-state index in [1.807, 2.05) is 61.5 Å². The summed E-state index contributed by atoms with van der Waals surface area (Å²) in [7, 11) is 0. The molecule has 0 saturated carbocycles. The number of nitrogens with zero attached hydrogens (tertiary/aromatic N) is 1. The van der Waals surface area contributed by atoms with Gasteiger partial charge in [0.1, 0.15) is 0 Å². The summed E-state index contributed by atoms with van der Waals surface area (Å²) in [5, 5.41) is 11.1. The maximum Gasteiger partial charge on any atom is 0.0787 e. The highest BCUT2D eigenvalue weighted by Crippen LogP contribution is 2.20. The minimum atomic E-state index is -0.403. The molecule has 0 aliphatic rings. The summed E-state index contributed by atoms with van der Waals surface area (Å²) in [6.45, 7) is 1.98. The number of pyridine rings is 1. The number of rotatable bonds is 4. The molecule has 0 aliphatic heterocycles. The van der Waals surface area contributed by atoms with Gasteiger partial charge in [0.05, 0.1) is 17.3 Å². The first kappa shape index (κ1) is 15.9. The number of hydrogen-bond acceptors (Lipinski definition) is 2. The van der Waals surface area contributed by atoms with E-state index >= 15 is 0 Å². The van der Waals surface area contributed by atoms with E-state index in [4.69, 9.17) is 0 Å². The number of hydrogen-bond donors (Lipinski definition) is 1. The monoisotopic (exact) mass is 367 g/mol. The summed E-state index contributed by atoms with van der Waals surface area (Å²) in [6.07, 6.45) is 4.34. The molecule has 3 rings (SSSR count). The fraction of sp³-hybridized carbons (Fsp3) is 0.150. The van der Waals surface area contributed by atoms with E-state index in [-0.39, 0.29) is 0 Å². The zero-order chi connectivity index (χ0) is 16.2. The predicted molar refractivity (Wildman–Crippen MR) is 100 cm³/mol. The van der Waals surface area contributed by atoms with Crippen LogP contribution in [0.15, 0.2) is 59.1 Å². The summed E-state index contributed by atoms with van der Waals surface area (Å²) in [5.41, 5.74) is 3.89. The number of aromatic nitrogens is 1. The highest BCUT2D eigenvalue weighted by Gasteiger charge is 2.04. The number of aliphatic hydroxyl groups excluding tert-OH is 1. The first-order chi connectivity index (χ1) is 11.2. The van der Waals surface area contributed by atoms with E-state index in [2.05, 4.69) is 33.0 Å². The van der Waals surface area contributed by atoms with Crippen molar-refractivity contribution in [1.82, 2.24) is 4.98 Å². The van der Waals surface area contributed by atoms with E-state index in [1.54, 1.807) is 0 Å². The number of fused-ring (bicyclic) bond motifs is 1. The van der Waals surface area contributed by atoms with Crippen molar-refractivity contribution in [2.75, 3.05) is 0 Å². The molecule has 1 unspecified atom stereocenters. The maximum absolute atomic E-state index is 9.94. The lowest BCUT2D eigenvalue weighted by molar-refractivity contribution is 0.173. The Labute approximate surface area is 144 Å². The van der Waals surface area contributed by atoms with Gasteiger partial charge in [-0.25, -0.2) is 4.98 Å². The quantitative estimate of drug-likeness (QED) is 0.649. The van der Waals surface area contributed by atoms with E-state index in [0.717, 1.165) is 32.2 Å². The molecule has 0 saturated heterocycles.